The highest BCUT2D eigenvalue weighted by Crippen LogP contribution is 2.64. The maximum atomic E-state index is 11.6. The predicted molar refractivity (Wildman–Crippen MR) is 99.2 cm³/mol. The van der Waals surface area contributed by atoms with Gasteiger partial charge in [-0.15, -0.1) is 11.6 Å². The summed E-state index contributed by atoms with van der Waals surface area (Å²) in [5.41, 5.74) is 0.731. The summed E-state index contributed by atoms with van der Waals surface area (Å²) in [6, 6.07) is 11.0. The van der Waals surface area contributed by atoms with Crippen LogP contribution in [0.4, 0.5) is 0 Å². The largest absolute Gasteiger partial charge is 0.389 e. The van der Waals surface area contributed by atoms with E-state index in [0.29, 0.717) is 17.8 Å². The van der Waals surface area contributed by atoms with E-state index < -0.39 is 5.60 Å². The van der Waals surface area contributed by atoms with Gasteiger partial charge in [0.1, 0.15) is 0 Å². The molecule has 4 aliphatic carbocycles. The van der Waals surface area contributed by atoms with E-state index in [1.165, 1.54) is 24.8 Å². The van der Waals surface area contributed by atoms with Crippen molar-refractivity contribution in [2.24, 2.45) is 17.8 Å². The zero-order chi connectivity index (χ0) is 16.8. The Balaban J connectivity index is 1.65. The Morgan fingerprint density at radius 2 is 2.04 bits per heavy atom. The lowest BCUT2D eigenvalue weighted by atomic mass is 9.47. The number of benzene rings is 1. The fraction of sp³-hybridized carbons (Fsp3) is 0.714. The van der Waals surface area contributed by atoms with E-state index >= 15 is 0 Å². The lowest BCUT2D eigenvalue weighted by Gasteiger charge is -2.63. The lowest BCUT2D eigenvalue weighted by molar-refractivity contribution is -0.174. The normalized spacial score (nSPS) is 41.5. The van der Waals surface area contributed by atoms with E-state index in [2.05, 4.69) is 42.6 Å². The topological polar surface area (TPSA) is 32.3 Å². The predicted octanol–water partition coefficient (Wildman–Crippen LogP) is 4.67. The summed E-state index contributed by atoms with van der Waals surface area (Å²) in [6.45, 7) is 3.25. The van der Waals surface area contributed by atoms with Gasteiger partial charge in [-0.3, -0.25) is 0 Å². The molecule has 4 fully saturated rings. The summed E-state index contributed by atoms with van der Waals surface area (Å²) in [5, 5.41) is 15.4. The third-order valence-corrected chi connectivity index (χ3v) is 7.17. The SMILES string of the molecule is CCCCN[C@@H](c1ccccc1)[C@H]1[C@H]2C[C@@H]3C[C@](Cl)(C2)C[C@@]1(O)C3. The number of alkyl halides is 1. The number of hydrogen-bond acceptors (Lipinski definition) is 2. The second kappa shape index (κ2) is 6.30. The van der Waals surface area contributed by atoms with E-state index in [1.54, 1.807) is 0 Å². The molecule has 3 heteroatoms. The van der Waals surface area contributed by atoms with Gasteiger partial charge in [-0.25, -0.2) is 0 Å². The van der Waals surface area contributed by atoms with Gasteiger partial charge >= 0.3 is 0 Å². The van der Waals surface area contributed by atoms with Crippen LogP contribution in [-0.2, 0) is 0 Å². The molecule has 5 rings (SSSR count). The molecule has 0 aromatic heterocycles. The average molecular weight is 348 g/mol. The molecule has 0 radical (unpaired) electrons. The van der Waals surface area contributed by atoms with Crippen LogP contribution in [0.25, 0.3) is 0 Å². The van der Waals surface area contributed by atoms with Crippen LogP contribution in [0, 0.1) is 17.8 Å². The minimum atomic E-state index is -0.592. The van der Waals surface area contributed by atoms with Gasteiger partial charge in [-0.05, 0) is 62.5 Å². The summed E-state index contributed by atoms with van der Waals surface area (Å²) >= 11 is 6.88. The molecule has 6 atom stereocenters. The van der Waals surface area contributed by atoms with Crippen molar-refractivity contribution in [3.8, 4) is 0 Å². The van der Waals surface area contributed by atoms with Crippen molar-refractivity contribution in [2.75, 3.05) is 6.54 Å². The van der Waals surface area contributed by atoms with Gasteiger partial charge in [0.2, 0.25) is 0 Å². The molecule has 1 aromatic rings. The van der Waals surface area contributed by atoms with E-state index in [0.717, 1.165) is 32.2 Å². The van der Waals surface area contributed by atoms with Gasteiger partial charge in [-0.1, -0.05) is 43.7 Å². The first kappa shape index (κ1) is 16.9. The van der Waals surface area contributed by atoms with Crippen LogP contribution in [-0.4, -0.2) is 22.1 Å². The number of hydrogen-bond donors (Lipinski definition) is 2. The third kappa shape index (κ3) is 2.91. The number of halogens is 1. The standard InChI is InChI=1S/C21H30ClNO/c1-2-3-9-23-19(16-7-5-4-6-8-16)18-17-10-15-11-20(22,13-17)14-21(18,24)12-15/h4-8,15,17-19,23-24H,2-3,9-14H2,1H3/t15-,17+,18-,19+,20+,21+/m1/s1. The number of rotatable bonds is 6. The maximum Gasteiger partial charge on any atom is 0.0716 e. The van der Waals surface area contributed by atoms with Crippen LogP contribution in [0.5, 0.6) is 0 Å². The van der Waals surface area contributed by atoms with Crippen LogP contribution >= 0.6 is 11.6 Å². The Morgan fingerprint density at radius 1 is 1.25 bits per heavy atom. The molecule has 1 aromatic carbocycles. The minimum absolute atomic E-state index is 0.137. The summed E-state index contributed by atoms with van der Waals surface area (Å²) in [4.78, 5) is -0.137. The smallest absolute Gasteiger partial charge is 0.0716 e. The summed E-state index contributed by atoms with van der Waals surface area (Å²) < 4.78 is 0. The van der Waals surface area contributed by atoms with Crippen LogP contribution in [0.2, 0.25) is 0 Å². The third-order valence-electron chi connectivity index (χ3n) is 6.72. The zero-order valence-corrected chi connectivity index (χ0v) is 15.4. The van der Waals surface area contributed by atoms with Crippen molar-refractivity contribution in [3.63, 3.8) is 0 Å². The Bertz CT molecular complexity index is 578. The van der Waals surface area contributed by atoms with Crippen molar-refractivity contribution in [1.29, 1.82) is 0 Å². The number of nitrogens with one attached hydrogen (secondary N) is 1. The molecular weight excluding hydrogens is 318 g/mol. The van der Waals surface area contributed by atoms with E-state index in [1.807, 2.05) is 0 Å². The monoisotopic (exact) mass is 347 g/mol. The first-order chi connectivity index (χ1) is 11.5. The van der Waals surface area contributed by atoms with Crippen LogP contribution in [0.3, 0.4) is 0 Å². The van der Waals surface area contributed by atoms with E-state index in [-0.39, 0.29) is 10.9 Å². The second-order valence-electron chi connectivity index (χ2n) is 8.63. The minimum Gasteiger partial charge on any atom is -0.389 e. The number of unbranched alkanes of at least 4 members (excludes halogenated alkanes) is 1. The molecule has 0 aliphatic heterocycles. The van der Waals surface area contributed by atoms with Gasteiger partial charge in [0.15, 0.2) is 0 Å². The van der Waals surface area contributed by atoms with Gasteiger partial charge in [0.05, 0.1) is 5.60 Å². The first-order valence-electron chi connectivity index (χ1n) is 9.73. The van der Waals surface area contributed by atoms with Crippen LogP contribution in [0.15, 0.2) is 30.3 Å². The van der Waals surface area contributed by atoms with Gasteiger partial charge in [0, 0.05) is 16.8 Å². The summed E-state index contributed by atoms with van der Waals surface area (Å²) in [7, 11) is 0. The van der Waals surface area contributed by atoms with Gasteiger partial charge in [0.25, 0.3) is 0 Å². The highest BCUT2D eigenvalue weighted by atomic mass is 35.5. The Kier molecular flexibility index (Phi) is 4.43. The second-order valence-corrected chi connectivity index (χ2v) is 9.43. The Morgan fingerprint density at radius 3 is 2.71 bits per heavy atom. The Labute approximate surface area is 151 Å². The van der Waals surface area contributed by atoms with Crippen molar-refractivity contribution >= 4 is 11.6 Å². The molecule has 0 heterocycles. The fourth-order valence-electron chi connectivity index (χ4n) is 6.18. The molecule has 4 aliphatic rings. The highest BCUT2D eigenvalue weighted by Gasteiger charge is 2.63. The zero-order valence-electron chi connectivity index (χ0n) is 14.7. The molecule has 0 unspecified atom stereocenters. The molecule has 0 amide bonds. The van der Waals surface area contributed by atoms with Crippen molar-refractivity contribution in [1.82, 2.24) is 5.32 Å². The van der Waals surface area contributed by atoms with Crippen LogP contribution < -0.4 is 5.32 Å². The van der Waals surface area contributed by atoms with Crippen molar-refractivity contribution in [2.45, 2.75) is 68.4 Å². The molecule has 24 heavy (non-hydrogen) atoms. The molecule has 0 saturated heterocycles. The molecule has 2 N–H and O–H groups in total. The van der Waals surface area contributed by atoms with Gasteiger partial charge < -0.3 is 10.4 Å². The van der Waals surface area contributed by atoms with Crippen molar-refractivity contribution in [3.05, 3.63) is 35.9 Å². The quantitative estimate of drug-likeness (QED) is 0.579. The van der Waals surface area contributed by atoms with Crippen molar-refractivity contribution < 1.29 is 5.11 Å². The first-order valence-corrected chi connectivity index (χ1v) is 10.1. The maximum absolute atomic E-state index is 11.6. The average Bonchev–Trinajstić information content (AvgIpc) is 2.51. The molecule has 4 saturated carbocycles. The molecular formula is C21H30ClNO. The molecule has 4 bridgehead atoms. The highest BCUT2D eigenvalue weighted by molar-refractivity contribution is 6.24. The molecule has 2 nitrogen and oxygen atoms in total. The fourth-order valence-corrected chi connectivity index (χ4v) is 6.83. The molecule has 0 spiro atoms. The van der Waals surface area contributed by atoms with E-state index in [9.17, 15) is 5.11 Å². The van der Waals surface area contributed by atoms with E-state index in [4.69, 9.17) is 11.6 Å². The van der Waals surface area contributed by atoms with Crippen LogP contribution in [0.1, 0.15) is 63.5 Å². The summed E-state index contributed by atoms with van der Waals surface area (Å²) in [6.07, 6.45) is 7.54. The number of aliphatic hydroxyl groups is 1. The molecule has 132 valence electrons. The van der Waals surface area contributed by atoms with Gasteiger partial charge in [-0.2, -0.15) is 0 Å². The Hall–Kier alpha value is -0.570. The lowest BCUT2D eigenvalue weighted by Crippen LogP contribution is -2.64. The summed E-state index contributed by atoms with van der Waals surface area (Å²) in [5.74, 6) is 1.47.